The van der Waals surface area contributed by atoms with Crippen molar-refractivity contribution in [2.75, 3.05) is 13.1 Å². The van der Waals surface area contributed by atoms with E-state index in [4.69, 9.17) is 4.74 Å². The molecule has 0 aromatic heterocycles. The van der Waals surface area contributed by atoms with Crippen molar-refractivity contribution in [2.24, 2.45) is 11.3 Å². The van der Waals surface area contributed by atoms with Gasteiger partial charge in [-0.1, -0.05) is 34.1 Å². The lowest BCUT2D eigenvalue weighted by Gasteiger charge is -2.35. The van der Waals surface area contributed by atoms with Crippen LogP contribution in [-0.4, -0.2) is 19.1 Å². The largest absolute Gasteiger partial charge is 0.460 e. The summed E-state index contributed by atoms with van der Waals surface area (Å²) in [7, 11) is 0. The van der Waals surface area contributed by atoms with Gasteiger partial charge in [-0.05, 0) is 51.8 Å². The summed E-state index contributed by atoms with van der Waals surface area (Å²) < 4.78 is 6.51. The van der Waals surface area contributed by atoms with Crippen LogP contribution in [0.4, 0.5) is 0 Å². The molecular weight excluding hydrogens is 318 g/mol. The molecule has 1 fully saturated rings. The molecule has 0 aliphatic carbocycles. The molecule has 1 aromatic carbocycles. The van der Waals surface area contributed by atoms with E-state index in [0.29, 0.717) is 12.5 Å². The Morgan fingerprint density at radius 2 is 2.20 bits per heavy atom. The Kier molecular flexibility index (Phi) is 5.22. The molecule has 110 valence electrons. The molecule has 0 amide bonds. The lowest BCUT2D eigenvalue weighted by Crippen LogP contribution is -2.43. The maximum atomic E-state index is 12.4. The Bertz CT molecular complexity index is 467. The number of nitrogens with one attached hydrogen (secondary N) is 1. The third kappa shape index (κ3) is 3.61. The van der Waals surface area contributed by atoms with Crippen LogP contribution in [0.1, 0.15) is 32.3 Å². The Morgan fingerprint density at radius 3 is 2.85 bits per heavy atom. The first kappa shape index (κ1) is 15.5. The first-order chi connectivity index (χ1) is 9.51. The number of ether oxygens (including phenoxy) is 1. The second-order valence-electron chi connectivity index (χ2n) is 5.93. The zero-order valence-corrected chi connectivity index (χ0v) is 13.7. The van der Waals surface area contributed by atoms with Crippen molar-refractivity contribution >= 4 is 21.9 Å². The number of rotatable bonds is 4. The van der Waals surface area contributed by atoms with E-state index in [0.717, 1.165) is 36.0 Å². The number of hydrogen-bond donors (Lipinski definition) is 1. The van der Waals surface area contributed by atoms with Crippen LogP contribution in [0.25, 0.3) is 0 Å². The van der Waals surface area contributed by atoms with E-state index >= 15 is 0 Å². The van der Waals surface area contributed by atoms with Crippen LogP contribution in [0.5, 0.6) is 0 Å². The molecule has 0 spiro atoms. The molecule has 1 saturated heterocycles. The van der Waals surface area contributed by atoms with Crippen molar-refractivity contribution in [3.63, 3.8) is 0 Å². The minimum atomic E-state index is -0.436. The summed E-state index contributed by atoms with van der Waals surface area (Å²) in [4.78, 5) is 12.4. The predicted octanol–water partition coefficient (Wildman–Crippen LogP) is 3.52. The lowest BCUT2D eigenvalue weighted by molar-refractivity contribution is -0.159. The van der Waals surface area contributed by atoms with Crippen LogP contribution in [0.15, 0.2) is 28.7 Å². The molecule has 4 heteroatoms. The van der Waals surface area contributed by atoms with Gasteiger partial charge in [0.1, 0.15) is 6.61 Å². The minimum absolute atomic E-state index is 0.109. The van der Waals surface area contributed by atoms with Crippen molar-refractivity contribution in [3.05, 3.63) is 34.3 Å². The normalized spacial score (nSPS) is 19.6. The van der Waals surface area contributed by atoms with Crippen LogP contribution < -0.4 is 5.32 Å². The zero-order chi connectivity index (χ0) is 14.6. The van der Waals surface area contributed by atoms with Crippen molar-refractivity contribution in [3.8, 4) is 0 Å². The lowest BCUT2D eigenvalue weighted by atomic mass is 9.75. The Hall–Kier alpha value is -0.870. The van der Waals surface area contributed by atoms with Crippen LogP contribution in [0.3, 0.4) is 0 Å². The fourth-order valence-electron chi connectivity index (χ4n) is 2.58. The summed E-state index contributed by atoms with van der Waals surface area (Å²) in [5, 5.41) is 3.36. The number of hydrogen-bond acceptors (Lipinski definition) is 3. The van der Waals surface area contributed by atoms with E-state index in [1.165, 1.54) is 0 Å². The third-order valence-electron chi connectivity index (χ3n) is 4.16. The van der Waals surface area contributed by atoms with Gasteiger partial charge >= 0.3 is 5.97 Å². The molecule has 0 bridgehead atoms. The molecule has 3 nitrogen and oxygen atoms in total. The Morgan fingerprint density at radius 1 is 1.45 bits per heavy atom. The second kappa shape index (κ2) is 6.72. The van der Waals surface area contributed by atoms with Gasteiger partial charge in [0, 0.05) is 10.0 Å². The highest BCUT2D eigenvalue weighted by Gasteiger charge is 2.38. The maximum absolute atomic E-state index is 12.4. The molecule has 20 heavy (non-hydrogen) atoms. The molecule has 1 heterocycles. The van der Waals surface area contributed by atoms with Crippen LogP contribution in [0, 0.1) is 11.3 Å². The quantitative estimate of drug-likeness (QED) is 0.853. The smallest absolute Gasteiger partial charge is 0.312 e. The van der Waals surface area contributed by atoms with Gasteiger partial charge in [0.2, 0.25) is 0 Å². The third-order valence-corrected chi connectivity index (χ3v) is 4.93. The summed E-state index contributed by atoms with van der Waals surface area (Å²) in [5.41, 5.74) is 0.563. The predicted molar refractivity (Wildman–Crippen MR) is 83.3 cm³/mol. The Labute approximate surface area is 129 Å². The van der Waals surface area contributed by atoms with E-state index in [1.54, 1.807) is 0 Å². The SMILES string of the molecule is CC(C)(C(=O)OCc1ccccc1Br)C1CCCNC1. The topological polar surface area (TPSA) is 38.3 Å². The number of piperidine rings is 1. The number of halogens is 1. The van der Waals surface area contributed by atoms with Gasteiger partial charge in [-0.25, -0.2) is 0 Å². The fraction of sp³-hybridized carbons (Fsp3) is 0.562. The molecule has 2 rings (SSSR count). The molecule has 1 aromatic rings. The minimum Gasteiger partial charge on any atom is -0.460 e. The van der Waals surface area contributed by atoms with Crippen molar-refractivity contribution < 1.29 is 9.53 Å². The van der Waals surface area contributed by atoms with E-state index in [9.17, 15) is 4.79 Å². The van der Waals surface area contributed by atoms with Crippen molar-refractivity contribution in [2.45, 2.75) is 33.3 Å². The van der Waals surface area contributed by atoms with Gasteiger partial charge in [-0.3, -0.25) is 4.79 Å². The molecule has 1 aliphatic heterocycles. The standard InChI is InChI=1S/C16H22BrNO2/c1-16(2,13-7-5-9-18-10-13)15(19)20-11-12-6-3-4-8-14(12)17/h3-4,6,8,13,18H,5,7,9-11H2,1-2H3. The molecule has 1 atom stereocenters. The maximum Gasteiger partial charge on any atom is 0.312 e. The summed E-state index contributed by atoms with van der Waals surface area (Å²) in [5.74, 6) is 0.241. The number of benzene rings is 1. The summed E-state index contributed by atoms with van der Waals surface area (Å²) in [6.45, 7) is 6.26. The molecule has 0 saturated carbocycles. The van der Waals surface area contributed by atoms with E-state index in [1.807, 2.05) is 38.1 Å². The second-order valence-corrected chi connectivity index (χ2v) is 6.79. The van der Waals surface area contributed by atoms with Gasteiger partial charge in [0.25, 0.3) is 0 Å². The number of carbonyl (C=O) groups excluding carboxylic acids is 1. The van der Waals surface area contributed by atoms with E-state index in [2.05, 4.69) is 21.2 Å². The average Bonchev–Trinajstić information content (AvgIpc) is 2.47. The van der Waals surface area contributed by atoms with E-state index in [-0.39, 0.29) is 5.97 Å². The highest BCUT2D eigenvalue weighted by Crippen LogP contribution is 2.33. The van der Waals surface area contributed by atoms with Gasteiger partial charge < -0.3 is 10.1 Å². The van der Waals surface area contributed by atoms with Gasteiger partial charge in [0.15, 0.2) is 0 Å². The average molecular weight is 340 g/mol. The van der Waals surface area contributed by atoms with Gasteiger partial charge in [0.05, 0.1) is 5.41 Å². The molecule has 1 aliphatic rings. The summed E-state index contributed by atoms with van der Waals surface area (Å²) >= 11 is 3.47. The Balaban J connectivity index is 1.95. The van der Waals surface area contributed by atoms with Crippen LogP contribution in [-0.2, 0) is 16.1 Å². The summed E-state index contributed by atoms with van der Waals surface area (Å²) in [6, 6.07) is 7.82. The molecule has 1 N–H and O–H groups in total. The molecule has 0 radical (unpaired) electrons. The van der Waals surface area contributed by atoms with Crippen LogP contribution >= 0.6 is 15.9 Å². The highest BCUT2D eigenvalue weighted by molar-refractivity contribution is 9.10. The van der Waals surface area contributed by atoms with E-state index < -0.39 is 5.41 Å². The highest BCUT2D eigenvalue weighted by atomic mass is 79.9. The first-order valence-electron chi connectivity index (χ1n) is 7.13. The number of carbonyl (C=O) groups is 1. The summed E-state index contributed by atoms with van der Waals surface area (Å²) in [6.07, 6.45) is 2.22. The first-order valence-corrected chi connectivity index (χ1v) is 7.92. The monoisotopic (exact) mass is 339 g/mol. The van der Waals surface area contributed by atoms with Crippen molar-refractivity contribution in [1.82, 2.24) is 5.32 Å². The van der Waals surface area contributed by atoms with Gasteiger partial charge in [-0.2, -0.15) is 0 Å². The fourth-order valence-corrected chi connectivity index (χ4v) is 2.98. The van der Waals surface area contributed by atoms with Gasteiger partial charge in [-0.15, -0.1) is 0 Å². The zero-order valence-electron chi connectivity index (χ0n) is 12.1. The number of esters is 1. The van der Waals surface area contributed by atoms with Crippen molar-refractivity contribution in [1.29, 1.82) is 0 Å². The van der Waals surface area contributed by atoms with Crippen LogP contribution in [0.2, 0.25) is 0 Å². The molecular formula is C16H22BrNO2. The molecule has 1 unspecified atom stereocenters.